The Morgan fingerprint density at radius 2 is 2.19 bits per heavy atom. The number of thiophene rings is 1. The maximum absolute atomic E-state index is 11.2. The van der Waals surface area contributed by atoms with Gasteiger partial charge >= 0.3 is 5.97 Å². The molecule has 2 unspecified atom stereocenters. The lowest BCUT2D eigenvalue weighted by molar-refractivity contribution is -0.144. The van der Waals surface area contributed by atoms with E-state index in [-0.39, 0.29) is 17.9 Å². The fraction of sp³-hybridized carbons (Fsp3) is 0.583. The molecule has 0 radical (unpaired) electrons. The molecule has 0 spiro atoms. The highest BCUT2D eigenvalue weighted by molar-refractivity contribution is 7.12. The Morgan fingerprint density at radius 3 is 2.69 bits per heavy atom. The number of hydrogen-bond acceptors (Lipinski definition) is 4. The summed E-state index contributed by atoms with van der Waals surface area (Å²) in [5.74, 6) is -0.268. The summed E-state index contributed by atoms with van der Waals surface area (Å²) in [6.45, 7) is 6.71. The van der Waals surface area contributed by atoms with Crippen LogP contribution in [0.2, 0.25) is 0 Å². The van der Waals surface area contributed by atoms with Crippen molar-refractivity contribution in [2.24, 2.45) is 5.92 Å². The molecule has 0 bridgehead atoms. The van der Waals surface area contributed by atoms with Gasteiger partial charge in [0.05, 0.1) is 13.0 Å². The van der Waals surface area contributed by atoms with Gasteiger partial charge in [0.1, 0.15) is 0 Å². The van der Waals surface area contributed by atoms with Crippen molar-refractivity contribution < 1.29 is 9.53 Å². The van der Waals surface area contributed by atoms with Gasteiger partial charge in [0, 0.05) is 22.3 Å². The van der Waals surface area contributed by atoms with E-state index in [0.29, 0.717) is 6.54 Å². The third kappa shape index (κ3) is 3.61. The molecule has 16 heavy (non-hydrogen) atoms. The van der Waals surface area contributed by atoms with Crippen molar-refractivity contribution in [1.82, 2.24) is 5.32 Å². The van der Waals surface area contributed by atoms with E-state index in [2.05, 4.69) is 36.0 Å². The number of esters is 1. The highest BCUT2D eigenvalue weighted by atomic mass is 32.1. The average molecular weight is 241 g/mol. The summed E-state index contributed by atoms with van der Waals surface area (Å²) in [6, 6.07) is 4.52. The molecule has 0 amide bonds. The summed E-state index contributed by atoms with van der Waals surface area (Å²) in [6.07, 6.45) is 0. The fourth-order valence-corrected chi connectivity index (χ4v) is 2.33. The van der Waals surface area contributed by atoms with Gasteiger partial charge in [-0.3, -0.25) is 4.79 Å². The number of rotatable bonds is 5. The van der Waals surface area contributed by atoms with Crippen LogP contribution >= 0.6 is 11.3 Å². The van der Waals surface area contributed by atoms with Crippen LogP contribution < -0.4 is 5.32 Å². The number of carbonyl (C=O) groups is 1. The van der Waals surface area contributed by atoms with Crippen LogP contribution in [0.25, 0.3) is 0 Å². The van der Waals surface area contributed by atoms with Gasteiger partial charge in [-0.2, -0.15) is 0 Å². The normalized spacial score (nSPS) is 14.5. The minimum Gasteiger partial charge on any atom is -0.469 e. The van der Waals surface area contributed by atoms with Gasteiger partial charge in [0.2, 0.25) is 0 Å². The Bertz CT molecular complexity index is 349. The van der Waals surface area contributed by atoms with E-state index in [0.717, 1.165) is 0 Å². The first-order valence-electron chi connectivity index (χ1n) is 5.42. The van der Waals surface area contributed by atoms with Crippen LogP contribution in [0.15, 0.2) is 12.1 Å². The summed E-state index contributed by atoms with van der Waals surface area (Å²) < 4.78 is 4.68. The molecule has 3 nitrogen and oxygen atoms in total. The molecule has 2 atom stereocenters. The van der Waals surface area contributed by atoms with E-state index in [1.165, 1.54) is 16.9 Å². The van der Waals surface area contributed by atoms with Gasteiger partial charge in [0.25, 0.3) is 0 Å². The van der Waals surface area contributed by atoms with E-state index >= 15 is 0 Å². The van der Waals surface area contributed by atoms with Crippen LogP contribution in [-0.2, 0) is 9.53 Å². The first-order valence-corrected chi connectivity index (χ1v) is 6.23. The van der Waals surface area contributed by atoms with E-state index in [4.69, 9.17) is 0 Å². The van der Waals surface area contributed by atoms with Gasteiger partial charge < -0.3 is 10.1 Å². The number of ether oxygens (including phenoxy) is 1. The second-order valence-corrected chi connectivity index (χ2v) is 5.32. The van der Waals surface area contributed by atoms with Crippen LogP contribution in [0.3, 0.4) is 0 Å². The van der Waals surface area contributed by atoms with Crippen LogP contribution in [0.4, 0.5) is 0 Å². The lowest BCUT2D eigenvalue weighted by atomic mass is 10.1. The first-order chi connectivity index (χ1) is 7.54. The zero-order valence-corrected chi connectivity index (χ0v) is 11.1. The molecular formula is C12H19NO2S. The highest BCUT2D eigenvalue weighted by Crippen LogP contribution is 2.22. The largest absolute Gasteiger partial charge is 0.469 e. The monoisotopic (exact) mass is 241 g/mol. The van der Waals surface area contributed by atoms with E-state index in [1.54, 1.807) is 11.3 Å². The number of hydrogen-bond donors (Lipinski definition) is 1. The third-order valence-corrected chi connectivity index (χ3v) is 3.71. The Balaban J connectivity index is 2.41. The Hall–Kier alpha value is -0.870. The summed E-state index contributed by atoms with van der Waals surface area (Å²) in [4.78, 5) is 13.8. The molecule has 1 rings (SSSR count). The molecular weight excluding hydrogens is 222 g/mol. The summed E-state index contributed by atoms with van der Waals surface area (Å²) >= 11 is 1.78. The second-order valence-electron chi connectivity index (χ2n) is 4.00. The molecule has 1 N–H and O–H groups in total. The van der Waals surface area contributed by atoms with E-state index < -0.39 is 0 Å². The molecule has 0 aliphatic heterocycles. The van der Waals surface area contributed by atoms with E-state index in [9.17, 15) is 4.79 Å². The Kier molecular flexibility index (Phi) is 4.96. The molecule has 4 heteroatoms. The zero-order valence-electron chi connectivity index (χ0n) is 10.2. The molecule has 90 valence electrons. The molecule has 1 aromatic rings. The molecule has 0 fully saturated rings. The maximum atomic E-state index is 11.2. The standard InChI is InChI=1S/C12H19NO2S/c1-8(12(14)15-4)7-13-10(3)11-6-5-9(2)16-11/h5-6,8,10,13H,7H2,1-4H3. The summed E-state index contributed by atoms with van der Waals surface area (Å²) in [5, 5.41) is 3.34. The number of nitrogens with one attached hydrogen (secondary N) is 1. The van der Waals surface area contributed by atoms with Crippen LogP contribution in [-0.4, -0.2) is 19.6 Å². The smallest absolute Gasteiger partial charge is 0.309 e. The summed E-state index contributed by atoms with van der Waals surface area (Å²) in [5.41, 5.74) is 0. The second kappa shape index (κ2) is 6.01. The quantitative estimate of drug-likeness (QED) is 0.805. The van der Waals surface area contributed by atoms with Crippen LogP contribution in [0, 0.1) is 12.8 Å². The van der Waals surface area contributed by atoms with Crippen molar-refractivity contribution in [3.8, 4) is 0 Å². The van der Waals surface area contributed by atoms with Crippen molar-refractivity contribution in [3.63, 3.8) is 0 Å². The predicted molar refractivity (Wildman–Crippen MR) is 66.7 cm³/mol. The molecule has 0 saturated carbocycles. The number of carbonyl (C=O) groups excluding carboxylic acids is 1. The van der Waals surface area contributed by atoms with E-state index in [1.807, 2.05) is 6.92 Å². The molecule has 0 aliphatic carbocycles. The Morgan fingerprint density at radius 1 is 1.50 bits per heavy atom. The molecule has 0 saturated heterocycles. The number of methoxy groups -OCH3 is 1. The van der Waals surface area contributed by atoms with Crippen molar-refractivity contribution in [1.29, 1.82) is 0 Å². The maximum Gasteiger partial charge on any atom is 0.309 e. The summed E-state index contributed by atoms with van der Waals surface area (Å²) in [7, 11) is 1.42. The lowest BCUT2D eigenvalue weighted by Crippen LogP contribution is -2.29. The van der Waals surface area contributed by atoms with Gasteiger partial charge in [-0.05, 0) is 26.0 Å². The lowest BCUT2D eigenvalue weighted by Gasteiger charge is -2.15. The fourth-order valence-electron chi connectivity index (χ4n) is 1.42. The van der Waals surface area contributed by atoms with Crippen molar-refractivity contribution >= 4 is 17.3 Å². The van der Waals surface area contributed by atoms with Crippen LogP contribution in [0.1, 0.15) is 29.6 Å². The molecule has 1 heterocycles. The zero-order chi connectivity index (χ0) is 12.1. The third-order valence-electron chi connectivity index (χ3n) is 2.52. The molecule has 0 aliphatic rings. The van der Waals surface area contributed by atoms with Crippen molar-refractivity contribution in [2.75, 3.05) is 13.7 Å². The minimum absolute atomic E-state index is 0.103. The topological polar surface area (TPSA) is 38.3 Å². The Labute approximate surface area is 101 Å². The average Bonchev–Trinajstić information content (AvgIpc) is 2.71. The molecule has 1 aromatic heterocycles. The predicted octanol–water partition coefficient (Wildman–Crippen LogP) is 2.52. The minimum atomic E-state index is -0.165. The first kappa shape index (κ1) is 13.2. The number of aryl methyl sites for hydroxylation is 1. The van der Waals surface area contributed by atoms with Gasteiger partial charge in [-0.15, -0.1) is 11.3 Å². The van der Waals surface area contributed by atoms with Crippen molar-refractivity contribution in [2.45, 2.75) is 26.8 Å². The van der Waals surface area contributed by atoms with Gasteiger partial charge in [-0.25, -0.2) is 0 Å². The van der Waals surface area contributed by atoms with Crippen LogP contribution in [0.5, 0.6) is 0 Å². The van der Waals surface area contributed by atoms with Gasteiger partial charge in [0.15, 0.2) is 0 Å². The van der Waals surface area contributed by atoms with Crippen molar-refractivity contribution in [3.05, 3.63) is 21.9 Å². The van der Waals surface area contributed by atoms with Gasteiger partial charge in [-0.1, -0.05) is 6.92 Å². The molecule has 0 aromatic carbocycles. The SMILES string of the molecule is COC(=O)C(C)CNC(C)c1ccc(C)s1. The highest BCUT2D eigenvalue weighted by Gasteiger charge is 2.15.